The summed E-state index contributed by atoms with van der Waals surface area (Å²) in [4.78, 5) is 0. The van der Waals surface area contributed by atoms with E-state index < -0.39 is 0 Å². The van der Waals surface area contributed by atoms with Gasteiger partial charge in [0.05, 0.1) is 0 Å². The minimum Gasteiger partial charge on any atom is -0.489 e. The van der Waals surface area contributed by atoms with Crippen molar-refractivity contribution in [1.82, 2.24) is 5.32 Å². The van der Waals surface area contributed by atoms with Crippen molar-refractivity contribution < 1.29 is 4.74 Å². The first-order valence-corrected chi connectivity index (χ1v) is 7.31. The van der Waals surface area contributed by atoms with E-state index in [2.05, 4.69) is 58.1 Å². The first-order chi connectivity index (χ1) is 8.88. The molecule has 1 aromatic rings. The quantitative estimate of drug-likeness (QED) is 0.835. The van der Waals surface area contributed by atoms with Gasteiger partial charge in [-0.3, -0.25) is 0 Å². The number of hydrogen-bond donors (Lipinski definition) is 1. The van der Waals surface area contributed by atoms with Crippen LogP contribution >= 0.6 is 0 Å². The van der Waals surface area contributed by atoms with Gasteiger partial charge in [-0.1, -0.05) is 46.2 Å². The zero-order valence-corrected chi connectivity index (χ0v) is 13.3. The number of aryl methyl sites for hydroxylation is 1. The van der Waals surface area contributed by atoms with E-state index in [-0.39, 0.29) is 11.5 Å². The molecule has 0 aromatic heterocycles. The summed E-state index contributed by atoms with van der Waals surface area (Å²) in [6, 6.07) is 6.55. The summed E-state index contributed by atoms with van der Waals surface area (Å²) in [5.41, 5.74) is 2.78. The molecule has 1 aromatic carbocycles. The molecule has 0 saturated heterocycles. The number of ether oxygens (including phenoxy) is 1. The Hall–Kier alpha value is -1.02. The molecule has 19 heavy (non-hydrogen) atoms. The number of hydrogen-bond acceptors (Lipinski definition) is 2. The van der Waals surface area contributed by atoms with E-state index in [9.17, 15) is 0 Å². The molecule has 0 bridgehead atoms. The fraction of sp³-hybridized carbons (Fsp3) is 0.647. The van der Waals surface area contributed by atoms with E-state index in [1.807, 2.05) is 7.05 Å². The van der Waals surface area contributed by atoms with Crippen molar-refractivity contribution >= 4 is 0 Å². The van der Waals surface area contributed by atoms with Gasteiger partial charge in [-0.25, -0.2) is 0 Å². The van der Waals surface area contributed by atoms with Crippen molar-refractivity contribution in [3.8, 4) is 5.75 Å². The monoisotopic (exact) mass is 263 g/mol. The van der Waals surface area contributed by atoms with Crippen LogP contribution in [-0.2, 0) is 5.41 Å². The lowest BCUT2D eigenvalue weighted by molar-refractivity contribution is 0.188. The largest absolute Gasteiger partial charge is 0.489 e. The average molecular weight is 263 g/mol. The number of benzene rings is 1. The Balaban J connectivity index is 2.84. The van der Waals surface area contributed by atoms with E-state index in [1.165, 1.54) is 11.1 Å². The van der Waals surface area contributed by atoms with E-state index >= 15 is 0 Å². The van der Waals surface area contributed by atoms with Gasteiger partial charge in [-0.05, 0) is 43.0 Å². The van der Waals surface area contributed by atoms with Crippen LogP contribution in [0, 0.1) is 6.92 Å². The molecule has 2 heteroatoms. The van der Waals surface area contributed by atoms with Crippen LogP contribution in [0.15, 0.2) is 18.2 Å². The van der Waals surface area contributed by atoms with Gasteiger partial charge in [-0.15, -0.1) is 0 Å². The summed E-state index contributed by atoms with van der Waals surface area (Å²) in [7, 11) is 1.97. The van der Waals surface area contributed by atoms with Gasteiger partial charge in [-0.2, -0.15) is 0 Å². The zero-order chi connectivity index (χ0) is 14.5. The Morgan fingerprint density at radius 1 is 1.26 bits per heavy atom. The Bertz CT molecular complexity index is 387. The summed E-state index contributed by atoms with van der Waals surface area (Å²) < 4.78 is 6.13. The summed E-state index contributed by atoms with van der Waals surface area (Å²) in [6.45, 7) is 11.9. The molecule has 1 atom stereocenters. The average Bonchev–Trinajstić information content (AvgIpc) is 2.31. The summed E-state index contributed by atoms with van der Waals surface area (Å²) in [5, 5.41) is 3.20. The second kappa shape index (κ2) is 6.95. The van der Waals surface area contributed by atoms with Crippen LogP contribution in [0.4, 0.5) is 0 Å². The third-order valence-electron chi connectivity index (χ3n) is 3.38. The predicted molar refractivity (Wildman–Crippen MR) is 83.1 cm³/mol. The smallest absolute Gasteiger partial charge is 0.122 e. The first kappa shape index (κ1) is 16.0. The van der Waals surface area contributed by atoms with Crippen molar-refractivity contribution in [2.75, 3.05) is 13.6 Å². The van der Waals surface area contributed by atoms with Crippen LogP contribution in [0.5, 0.6) is 5.75 Å². The highest BCUT2D eigenvalue weighted by Crippen LogP contribution is 2.28. The minimum atomic E-state index is 0.192. The molecular weight excluding hydrogens is 234 g/mol. The van der Waals surface area contributed by atoms with Crippen LogP contribution in [0.3, 0.4) is 0 Å². The number of rotatable bonds is 6. The maximum absolute atomic E-state index is 6.13. The molecule has 1 rings (SSSR count). The second-order valence-electron chi connectivity index (χ2n) is 6.32. The molecule has 0 radical (unpaired) electrons. The molecule has 0 spiro atoms. The highest BCUT2D eigenvalue weighted by atomic mass is 16.5. The Kier molecular flexibility index (Phi) is 5.86. The Morgan fingerprint density at radius 3 is 2.42 bits per heavy atom. The maximum atomic E-state index is 6.13. The van der Waals surface area contributed by atoms with Gasteiger partial charge < -0.3 is 10.1 Å². The van der Waals surface area contributed by atoms with E-state index in [0.29, 0.717) is 0 Å². The van der Waals surface area contributed by atoms with Crippen LogP contribution in [0.1, 0.15) is 51.7 Å². The van der Waals surface area contributed by atoms with Crippen molar-refractivity contribution in [2.45, 2.75) is 59.0 Å². The third kappa shape index (κ3) is 4.87. The molecule has 108 valence electrons. The van der Waals surface area contributed by atoms with Gasteiger partial charge in [0.2, 0.25) is 0 Å². The molecule has 0 heterocycles. The SMILES string of the molecule is CCCC(CNC)Oc1ccc(C(C)(C)C)cc1C. The van der Waals surface area contributed by atoms with Crippen molar-refractivity contribution in [3.05, 3.63) is 29.3 Å². The molecule has 0 amide bonds. The molecule has 2 nitrogen and oxygen atoms in total. The molecule has 1 unspecified atom stereocenters. The van der Waals surface area contributed by atoms with Crippen LogP contribution in [0.25, 0.3) is 0 Å². The lowest BCUT2D eigenvalue weighted by Crippen LogP contribution is -2.29. The molecule has 0 aliphatic carbocycles. The number of nitrogens with one attached hydrogen (secondary N) is 1. The van der Waals surface area contributed by atoms with Gasteiger partial charge in [0.15, 0.2) is 0 Å². The fourth-order valence-electron chi connectivity index (χ4n) is 2.18. The zero-order valence-electron chi connectivity index (χ0n) is 13.3. The van der Waals surface area contributed by atoms with Crippen LogP contribution in [0.2, 0.25) is 0 Å². The Labute approximate surface area is 118 Å². The van der Waals surface area contributed by atoms with Crippen molar-refractivity contribution in [2.24, 2.45) is 0 Å². The van der Waals surface area contributed by atoms with Crippen molar-refractivity contribution in [3.63, 3.8) is 0 Å². The first-order valence-electron chi connectivity index (χ1n) is 7.31. The summed E-state index contributed by atoms with van der Waals surface area (Å²) >= 11 is 0. The van der Waals surface area contributed by atoms with Crippen LogP contribution in [-0.4, -0.2) is 19.7 Å². The molecule has 0 aliphatic heterocycles. The van der Waals surface area contributed by atoms with Crippen molar-refractivity contribution in [1.29, 1.82) is 0 Å². The van der Waals surface area contributed by atoms with Gasteiger partial charge in [0, 0.05) is 6.54 Å². The van der Waals surface area contributed by atoms with Gasteiger partial charge in [0.25, 0.3) is 0 Å². The van der Waals surface area contributed by atoms with Gasteiger partial charge in [0.1, 0.15) is 11.9 Å². The van der Waals surface area contributed by atoms with E-state index in [0.717, 1.165) is 25.1 Å². The molecule has 1 N–H and O–H groups in total. The minimum absolute atomic E-state index is 0.192. The topological polar surface area (TPSA) is 21.3 Å². The lowest BCUT2D eigenvalue weighted by Gasteiger charge is -2.23. The predicted octanol–water partition coefficient (Wildman–Crippen LogP) is 4.06. The summed E-state index contributed by atoms with van der Waals surface area (Å²) in [5.74, 6) is 1.02. The third-order valence-corrected chi connectivity index (χ3v) is 3.38. The maximum Gasteiger partial charge on any atom is 0.122 e. The Morgan fingerprint density at radius 2 is 1.95 bits per heavy atom. The highest BCUT2D eigenvalue weighted by Gasteiger charge is 2.16. The second-order valence-corrected chi connectivity index (χ2v) is 6.32. The summed E-state index contributed by atoms with van der Waals surface area (Å²) in [6.07, 6.45) is 2.49. The fourth-order valence-corrected chi connectivity index (χ4v) is 2.18. The van der Waals surface area contributed by atoms with E-state index in [4.69, 9.17) is 4.74 Å². The normalized spacial score (nSPS) is 13.4. The molecule has 0 fully saturated rings. The van der Waals surface area contributed by atoms with Crippen LogP contribution < -0.4 is 10.1 Å². The van der Waals surface area contributed by atoms with Gasteiger partial charge >= 0.3 is 0 Å². The van der Waals surface area contributed by atoms with E-state index in [1.54, 1.807) is 0 Å². The molecule has 0 aliphatic rings. The molecule has 0 saturated carbocycles. The standard InChI is InChI=1S/C17H29NO/c1-7-8-15(12-18-6)19-16-10-9-14(11-13(16)2)17(3,4)5/h9-11,15,18H,7-8,12H2,1-6H3. The highest BCUT2D eigenvalue weighted by molar-refractivity contribution is 5.38. The lowest BCUT2D eigenvalue weighted by atomic mass is 9.86. The molecular formula is C17H29NO. The number of likely N-dealkylation sites (N-methyl/N-ethyl adjacent to an activating group) is 1.